The molecular weight excluding hydrogens is 286 g/mol. The van der Waals surface area contributed by atoms with Crippen LogP contribution >= 0.6 is 0 Å². The molecule has 0 bridgehead atoms. The summed E-state index contributed by atoms with van der Waals surface area (Å²) in [6.45, 7) is 5.58. The van der Waals surface area contributed by atoms with Gasteiger partial charge in [0.15, 0.2) is 0 Å². The van der Waals surface area contributed by atoms with Crippen LogP contribution in [0.3, 0.4) is 0 Å². The lowest BCUT2D eigenvalue weighted by Gasteiger charge is -2.36. The van der Waals surface area contributed by atoms with Crippen LogP contribution in [0.1, 0.15) is 44.1 Å². The second-order valence-electron chi connectivity index (χ2n) is 6.37. The summed E-state index contributed by atoms with van der Waals surface area (Å²) in [5, 5.41) is 2.52. The topological polar surface area (TPSA) is 141 Å². The normalized spacial score (nSPS) is 14.0. The summed E-state index contributed by atoms with van der Waals surface area (Å²) in [4.78, 5) is 43.2. The summed E-state index contributed by atoms with van der Waals surface area (Å²) >= 11 is 0. The van der Waals surface area contributed by atoms with E-state index < -0.39 is 23.3 Å². The predicted octanol–water partition coefficient (Wildman–Crippen LogP) is -0.258. The first kappa shape index (κ1) is 17.5. The van der Waals surface area contributed by atoms with Gasteiger partial charge in [-0.2, -0.15) is 0 Å². The molecule has 5 N–H and O–H groups in total. The number of aromatic nitrogens is 2. The summed E-state index contributed by atoms with van der Waals surface area (Å²) in [5.41, 5.74) is 8.75. The Morgan fingerprint density at radius 1 is 1.18 bits per heavy atom. The molecule has 0 aliphatic rings. The molecule has 0 fully saturated rings. The molecule has 0 aromatic carbocycles. The van der Waals surface area contributed by atoms with Crippen LogP contribution in [0, 0.1) is 5.41 Å². The Bertz CT molecular complexity index is 568. The molecule has 3 amide bonds. The molecule has 1 aromatic heterocycles. The molecule has 1 aromatic rings. The highest BCUT2D eigenvalue weighted by Gasteiger charge is 2.43. The van der Waals surface area contributed by atoms with Gasteiger partial charge in [0.2, 0.25) is 11.8 Å². The molecule has 0 radical (unpaired) electrons. The van der Waals surface area contributed by atoms with Crippen molar-refractivity contribution in [1.29, 1.82) is 0 Å². The van der Waals surface area contributed by atoms with Crippen LogP contribution in [0.15, 0.2) is 18.6 Å². The monoisotopic (exact) mass is 307 g/mol. The number of carbonyl (C=O) groups excluding carboxylic acids is 3. The fourth-order valence-electron chi connectivity index (χ4n) is 2.29. The molecule has 0 saturated heterocycles. The first-order valence-electron chi connectivity index (χ1n) is 6.72. The Hall–Kier alpha value is -2.51. The lowest BCUT2D eigenvalue weighted by atomic mass is 9.77. The quantitative estimate of drug-likeness (QED) is 0.664. The van der Waals surface area contributed by atoms with E-state index >= 15 is 0 Å². The molecule has 8 nitrogen and oxygen atoms in total. The second-order valence-corrected chi connectivity index (χ2v) is 6.37. The van der Waals surface area contributed by atoms with E-state index in [9.17, 15) is 14.4 Å². The maximum atomic E-state index is 12.3. The molecule has 1 atom stereocenters. The third-order valence-corrected chi connectivity index (χ3v) is 2.93. The Morgan fingerprint density at radius 3 is 2.23 bits per heavy atom. The average Bonchev–Trinajstić information content (AvgIpc) is 2.36. The Balaban J connectivity index is 3.15. The third-order valence-electron chi connectivity index (χ3n) is 2.93. The Labute approximate surface area is 128 Å². The van der Waals surface area contributed by atoms with Crippen molar-refractivity contribution in [3.05, 3.63) is 24.3 Å². The minimum Gasteiger partial charge on any atom is -0.370 e. The molecule has 1 heterocycles. The van der Waals surface area contributed by atoms with Crippen LogP contribution in [0.2, 0.25) is 0 Å². The highest BCUT2D eigenvalue weighted by Crippen LogP contribution is 2.30. The van der Waals surface area contributed by atoms with E-state index in [1.54, 1.807) is 0 Å². The summed E-state index contributed by atoms with van der Waals surface area (Å²) in [6.07, 6.45) is 3.79. The molecule has 0 aliphatic heterocycles. The van der Waals surface area contributed by atoms with Gasteiger partial charge < -0.3 is 16.8 Å². The van der Waals surface area contributed by atoms with Gasteiger partial charge in [0.05, 0.1) is 12.6 Å². The van der Waals surface area contributed by atoms with Crippen LogP contribution < -0.4 is 16.8 Å². The second kappa shape index (κ2) is 6.50. The first-order chi connectivity index (χ1) is 10.1. The van der Waals surface area contributed by atoms with Crippen molar-refractivity contribution in [2.24, 2.45) is 16.9 Å². The van der Waals surface area contributed by atoms with E-state index in [-0.39, 0.29) is 24.0 Å². The maximum Gasteiger partial charge on any atom is 0.272 e. The number of hydrogen-bond acceptors (Lipinski definition) is 5. The van der Waals surface area contributed by atoms with Crippen LogP contribution in [-0.2, 0) is 9.59 Å². The summed E-state index contributed by atoms with van der Waals surface area (Å²) < 4.78 is 0. The Kier molecular flexibility index (Phi) is 5.19. The van der Waals surface area contributed by atoms with Gasteiger partial charge in [-0.15, -0.1) is 0 Å². The SMILES string of the molecule is CC(C)(C)CC(CC(N)=O)(NC(=O)c1cnccn1)C(N)=O. The standard InChI is InChI=1S/C14H21N5O3/c1-13(2,3)8-14(12(16)22,6-10(15)20)19-11(21)9-7-17-4-5-18-9/h4-5,7H,6,8H2,1-3H3,(H2,15,20)(H2,16,22)(H,19,21). The smallest absolute Gasteiger partial charge is 0.272 e. The molecule has 22 heavy (non-hydrogen) atoms. The highest BCUT2D eigenvalue weighted by molar-refractivity contribution is 5.99. The zero-order valence-corrected chi connectivity index (χ0v) is 12.9. The first-order valence-corrected chi connectivity index (χ1v) is 6.72. The van der Waals surface area contributed by atoms with Gasteiger partial charge in [-0.25, -0.2) is 4.98 Å². The summed E-state index contributed by atoms with van der Waals surface area (Å²) in [5.74, 6) is -2.20. The largest absolute Gasteiger partial charge is 0.370 e. The lowest BCUT2D eigenvalue weighted by Crippen LogP contribution is -2.60. The lowest BCUT2D eigenvalue weighted by molar-refractivity contribution is -0.130. The fourth-order valence-corrected chi connectivity index (χ4v) is 2.29. The van der Waals surface area contributed by atoms with Gasteiger partial charge in [-0.1, -0.05) is 20.8 Å². The van der Waals surface area contributed by atoms with E-state index in [2.05, 4.69) is 15.3 Å². The number of nitrogens with one attached hydrogen (secondary N) is 1. The molecule has 120 valence electrons. The van der Waals surface area contributed by atoms with Crippen molar-refractivity contribution >= 4 is 17.7 Å². The van der Waals surface area contributed by atoms with E-state index in [1.165, 1.54) is 18.6 Å². The molecular formula is C14H21N5O3. The van der Waals surface area contributed by atoms with Crippen LogP contribution in [0.4, 0.5) is 0 Å². The van der Waals surface area contributed by atoms with Gasteiger partial charge in [-0.3, -0.25) is 19.4 Å². The number of rotatable bonds is 6. The minimum absolute atomic E-state index is 0.0199. The summed E-state index contributed by atoms with van der Waals surface area (Å²) in [7, 11) is 0. The van der Waals surface area contributed by atoms with Crippen molar-refractivity contribution < 1.29 is 14.4 Å². The number of nitrogens with two attached hydrogens (primary N) is 2. The molecule has 8 heteroatoms. The molecule has 1 rings (SSSR count). The number of carbonyl (C=O) groups is 3. The minimum atomic E-state index is -1.57. The van der Waals surface area contributed by atoms with Crippen LogP contribution in [0.5, 0.6) is 0 Å². The number of nitrogens with zero attached hydrogens (tertiary/aromatic N) is 2. The van der Waals surface area contributed by atoms with E-state index in [4.69, 9.17) is 11.5 Å². The van der Waals surface area contributed by atoms with Gasteiger partial charge >= 0.3 is 0 Å². The van der Waals surface area contributed by atoms with Gasteiger partial charge in [0, 0.05) is 12.4 Å². The van der Waals surface area contributed by atoms with Crippen molar-refractivity contribution in [2.45, 2.75) is 39.2 Å². The number of hydrogen-bond donors (Lipinski definition) is 3. The zero-order valence-electron chi connectivity index (χ0n) is 12.9. The van der Waals surface area contributed by atoms with Crippen LogP contribution in [0.25, 0.3) is 0 Å². The van der Waals surface area contributed by atoms with Gasteiger partial charge in [-0.05, 0) is 11.8 Å². The van der Waals surface area contributed by atoms with Gasteiger partial charge in [0.25, 0.3) is 5.91 Å². The molecule has 1 unspecified atom stereocenters. The van der Waals surface area contributed by atoms with Crippen molar-refractivity contribution in [1.82, 2.24) is 15.3 Å². The van der Waals surface area contributed by atoms with E-state index in [1.807, 2.05) is 20.8 Å². The maximum absolute atomic E-state index is 12.3. The highest BCUT2D eigenvalue weighted by atomic mass is 16.2. The molecule has 0 aliphatic carbocycles. The van der Waals surface area contributed by atoms with E-state index in [0.29, 0.717) is 0 Å². The molecule has 0 spiro atoms. The van der Waals surface area contributed by atoms with Gasteiger partial charge in [0.1, 0.15) is 11.2 Å². The zero-order chi connectivity index (χ0) is 17.0. The number of amides is 3. The summed E-state index contributed by atoms with van der Waals surface area (Å²) in [6, 6.07) is 0. The predicted molar refractivity (Wildman–Crippen MR) is 79.3 cm³/mol. The Morgan fingerprint density at radius 2 is 1.82 bits per heavy atom. The third kappa shape index (κ3) is 4.80. The van der Waals surface area contributed by atoms with E-state index in [0.717, 1.165) is 0 Å². The van der Waals surface area contributed by atoms with Crippen LogP contribution in [-0.4, -0.2) is 33.2 Å². The van der Waals surface area contributed by atoms with Crippen molar-refractivity contribution in [3.8, 4) is 0 Å². The van der Waals surface area contributed by atoms with Crippen molar-refractivity contribution in [3.63, 3.8) is 0 Å². The average molecular weight is 307 g/mol. The number of primary amides is 2. The fraction of sp³-hybridized carbons (Fsp3) is 0.500. The van der Waals surface area contributed by atoms with Crippen molar-refractivity contribution in [2.75, 3.05) is 0 Å². The molecule has 0 saturated carbocycles.